The smallest absolute Gasteiger partial charge is 0.232 e. The van der Waals surface area contributed by atoms with Gasteiger partial charge in [-0.25, -0.2) is 0 Å². The molecule has 0 spiro atoms. The van der Waals surface area contributed by atoms with Crippen LogP contribution in [-0.4, -0.2) is 10.9 Å². The molecule has 0 aliphatic rings. The van der Waals surface area contributed by atoms with Gasteiger partial charge in [0.25, 0.3) is 0 Å². The maximum Gasteiger partial charge on any atom is 0.232 e. The van der Waals surface area contributed by atoms with Crippen molar-refractivity contribution in [2.75, 3.05) is 0 Å². The van der Waals surface area contributed by atoms with Crippen molar-refractivity contribution in [1.82, 2.24) is 10.3 Å². The van der Waals surface area contributed by atoms with Gasteiger partial charge in [-0.1, -0.05) is 97.1 Å². The zero-order chi connectivity index (χ0) is 19.9. The third-order valence-electron chi connectivity index (χ3n) is 4.93. The Morgan fingerprint density at radius 3 is 1.59 bits per heavy atom. The summed E-state index contributed by atoms with van der Waals surface area (Å²) >= 11 is 0. The molecule has 0 fully saturated rings. The van der Waals surface area contributed by atoms with Crippen LogP contribution in [0, 0.1) is 0 Å². The zero-order valence-corrected chi connectivity index (χ0v) is 16.0. The average molecular weight is 378 g/mol. The third kappa shape index (κ3) is 4.41. The lowest BCUT2D eigenvalue weighted by molar-refractivity contribution is -0.122. The van der Waals surface area contributed by atoms with Gasteiger partial charge in [-0.05, 0) is 28.8 Å². The van der Waals surface area contributed by atoms with Gasteiger partial charge >= 0.3 is 0 Å². The number of benzene rings is 3. The third-order valence-corrected chi connectivity index (χ3v) is 4.93. The lowest BCUT2D eigenvalue weighted by atomic mass is 9.90. The maximum absolute atomic E-state index is 13.6. The predicted molar refractivity (Wildman–Crippen MR) is 115 cm³/mol. The molecule has 3 aromatic carbocycles. The molecule has 4 rings (SSSR count). The molecule has 1 atom stereocenters. The average Bonchev–Trinajstić information content (AvgIpc) is 2.80. The molecule has 0 aliphatic heterocycles. The fourth-order valence-electron chi connectivity index (χ4n) is 3.53. The van der Waals surface area contributed by atoms with Gasteiger partial charge < -0.3 is 5.32 Å². The molecule has 1 heterocycles. The molecular formula is C26H22N2O. The van der Waals surface area contributed by atoms with E-state index < -0.39 is 5.92 Å². The number of aromatic nitrogens is 1. The molecule has 142 valence electrons. The van der Waals surface area contributed by atoms with E-state index >= 15 is 0 Å². The summed E-state index contributed by atoms with van der Waals surface area (Å²) in [5.74, 6) is -0.450. The summed E-state index contributed by atoms with van der Waals surface area (Å²) < 4.78 is 0. The Kier molecular flexibility index (Phi) is 5.77. The first-order valence-corrected chi connectivity index (χ1v) is 9.69. The van der Waals surface area contributed by atoms with Gasteiger partial charge in [0.2, 0.25) is 5.91 Å². The van der Waals surface area contributed by atoms with Crippen molar-refractivity contribution in [3.63, 3.8) is 0 Å². The Hall–Kier alpha value is -3.72. The predicted octanol–water partition coefficient (Wildman–Crippen LogP) is 5.12. The fourth-order valence-corrected chi connectivity index (χ4v) is 3.53. The van der Waals surface area contributed by atoms with Crippen LogP contribution in [0.4, 0.5) is 0 Å². The van der Waals surface area contributed by atoms with Gasteiger partial charge in [0.15, 0.2) is 0 Å². The Labute approximate surface area is 171 Å². The van der Waals surface area contributed by atoms with Crippen molar-refractivity contribution in [2.24, 2.45) is 0 Å². The number of rotatable bonds is 6. The molecule has 3 heteroatoms. The second-order valence-electron chi connectivity index (χ2n) is 6.86. The molecule has 29 heavy (non-hydrogen) atoms. The van der Waals surface area contributed by atoms with E-state index in [2.05, 4.69) is 10.3 Å². The van der Waals surface area contributed by atoms with Crippen LogP contribution in [0.1, 0.15) is 34.3 Å². The fraction of sp³-hybridized carbons (Fsp3) is 0.0769. The topological polar surface area (TPSA) is 42.0 Å². The second kappa shape index (κ2) is 8.98. The Morgan fingerprint density at radius 1 is 0.621 bits per heavy atom. The number of pyridine rings is 1. The highest BCUT2D eigenvalue weighted by Crippen LogP contribution is 2.27. The van der Waals surface area contributed by atoms with E-state index in [4.69, 9.17) is 0 Å². The van der Waals surface area contributed by atoms with Crippen molar-refractivity contribution in [1.29, 1.82) is 0 Å². The SMILES string of the molecule is O=C(N[C@H](c1ccccc1)c1ccccn1)C(c1ccccc1)c1ccccc1. The molecule has 1 aromatic heterocycles. The van der Waals surface area contributed by atoms with Gasteiger partial charge in [-0.3, -0.25) is 9.78 Å². The largest absolute Gasteiger partial charge is 0.343 e. The Morgan fingerprint density at radius 2 is 1.10 bits per heavy atom. The van der Waals surface area contributed by atoms with Crippen LogP contribution >= 0.6 is 0 Å². The molecule has 0 unspecified atom stereocenters. The van der Waals surface area contributed by atoms with Crippen LogP contribution in [-0.2, 0) is 4.79 Å². The number of carbonyl (C=O) groups is 1. The van der Waals surface area contributed by atoms with E-state index in [1.54, 1.807) is 6.20 Å². The van der Waals surface area contributed by atoms with E-state index in [1.807, 2.05) is 109 Å². The summed E-state index contributed by atoms with van der Waals surface area (Å²) in [6.07, 6.45) is 1.75. The zero-order valence-electron chi connectivity index (χ0n) is 16.0. The Balaban J connectivity index is 1.71. The van der Waals surface area contributed by atoms with Gasteiger partial charge in [-0.2, -0.15) is 0 Å². The minimum atomic E-state index is -0.396. The van der Waals surface area contributed by atoms with Crippen LogP contribution in [0.15, 0.2) is 115 Å². The Bertz CT molecular complexity index is 956. The summed E-state index contributed by atoms with van der Waals surface area (Å²) in [7, 11) is 0. The summed E-state index contributed by atoms with van der Waals surface area (Å²) in [4.78, 5) is 18.1. The highest BCUT2D eigenvalue weighted by molar-refractivity contribution is 5.87. The molecule has 0 saturated heterocycles. The van der Waals surface area contributed by atoms with Crippen LogP contribution in [0.2, 0.25) is 0 Å². The summed E-state index contributed by atoms with van der Waals surface area (Å²) in [6.45, 7) is 0. The van der Waals surface area contributed by atoms with E-state index in [-0.39, 0.29) is 11.9 Å². The molecule has 0 saturated carbocycles. The first kappa shape index (κ1) is 18.6. The number of carbonyl (C=O) groups excluding carboxylic acids is 1. The number of hydrogen-bond donors (Lipinski definition) is 1. The molecule has 0 aliphatic carbocycles. The van der Waals surface area contributed by atoms with Crippen LogP contribution < -0.4 is 5.32 Å². The summed E-state index contributed by atoms with van der Waals surface area (Å²) in [6, 6.07) is 35.2. The van der Waals surface area contributed by atoms with E-state index in [1.165, 1.54) is 0 Å². The molecular weight excluding hydrogens is 356 g/mol. The summed E-state index contributed by atoms with van der Waals surface area (Å²) in [5, 5.41) is 3.25. The molecule has 3 nitrogen and oxygen atoms in total. The molecule has 1 N–H and O–H groups in total. The van der Waals surface area contributed by atoms with Gasteiger partial charge in [0.1, 0.15) is 0 Å². The molecule has 0 radical (unpaired) electrons. The normalized spacial score (nSPS) is 11.8. The van der Waals surface area contributed by atoms with E-state index in [0.29, 0.717) is 0 Å². The first-order chi connectivity index (χ1) is 14.3. The van der Waals surface area contributed by atoms with E-state index in [0.717, 1.165) is 22.4 Å². The number of hydrogen-bond acceptors (Lipinski definition) is 2. The van der Waals surface area contributed by atoms with E-state index in [9.17, 15) is 4.79 Å². The standard InChI is InChI=1S/C26H22N2O/c29-26(24(20-12-4-1-5-13-20)21-14-6-2-7-15-21)28-25(22-16-8-3-9-17-22)23-18-10-11-19-27-23/h1-19,24-25H,(H,28,29)/t25-/m1/s1. The van der Waals surface area contributed by atoms with Crippen LogP contribution in [0.5, 0.6) is 0 Å². The molecule has 4 aromatic rings. The van der Waals surface area contributed by atoms with Gasteiger partial charge in [-0.15, -0.1) is 0 Å². The van der Waals surface area contributed by atoms with Crippen molar-refractivity contribution < 1.29 is 4.79 Å². The minimum Gasteiger partial charge on any atom is -0.343 e. The number of amides is 1. The van der Waals surface area contributed by atoms with Crippen LogP contribution in [0.25, 0.3) is 0 Å². The summed E-state index contributed by atoms with van der Waals surface area (Å²) in [5.41, 5.74) is 3.74. The van der Waals surface area contributed by atoms with Gasteiger partial charge in [0, 0.05) is 6.20 Å². The quantitative estimate of drug-likeness (QED) is 0.506. The molecule has 1 amide bonds. The number of nitrogens with zero attached hydrogens (tertiary/aromatic N) is 1. The first-order valence-electron chi connectivity index (χ1n) is 9.69. The number of nitrogens with one attached hydrogen (secondary N) is 1. The van der Waals surface area contributed by atoms with Gasteiger partial charge in [0.05, 0.1) is 17.7 Å². The van der Waals surface area contributed by atoms with Crippen molar-refractivity contribution in [3.05, 3.63) is 138 Å². The van der Waals surface area contributed by atoms with Crippen LogP contribution in [0.3, 0.4) is 0 Å². The molecule has 0 bridgehead atoms. The maximum atomic E-state index is 13.6. The monoisotopic (exact) mass is 378 g/mol. The van der Waals surface area contributed by atoms with Crippen molar-refractivity contribution in [3.8, 4) is 0 Å². The lowest BCUT2D eigenvalue weighted by Gasteiger charge is -2.23. The van der Waals surface area contributed by atoms with Crippen molar-refractivity contribution in [2.45, 2.75) is 12.0 Å². The lowest BCUT2D eigenvalue weighted by Crippen LogP contribution is -2.34. The minimum absolute atomic E-state index is 0.0538. The van der Waals surface area contributed by atoms with Crippen molar-refractivity contribution >= 4 is 5.91 Å². The highest BCUT2D eigenvalue weighted by Gasteiger charge is 2.26. The highest BCUT2D eigenvalue weighted by atomic mass is 16.2. The second-order valence-corrected chi connectivity index (χ2v) is 6.86.